The minimum atomic E-state index is -5.02. The number of hydrogen-bond donors (Lipinski definition) is 2. The molecule has 252 valence electrons. The molecule has 3 fully saturated rings. The van der Waals surface area contributed by atoms with E-state index in [-0.39, 0.29) is 59.9 Å². The summed E-state index contributed by atoms with van der Waals surface area (Å²) in [5.41, 5.74) is -0.499. The van der Waals surface area contributed by atoms with Crippen molar-refractivity contribution in [1.82, 2.24) is 25.2 Å². The van der Waals surface area contributed by atoms with E-state index >= 15 is 13.2 Å². The minimum Gasteiger partial charge on any atom is -0.480 e. The molecule has 10 nitrogen and oxygen atoms in total. The van der Waals surface area contributed by atoms with Crippen molar-refractivity contribution in [3.63, 3.8) is 0 Å². The predicted octanol–water partition coefficient (Wildman–Crippen LogP) is 4.92. The Morgan fingerprint density at radius 3 is 2.47 bits per heavy atom. The number of fused-ring (bicyclic) bond motifs is 3. The standard InChI is InChI=1S/C31H34F6N8O2/c1-15-9-19(39)18(10-38)20(22(15)31(35,36)37)24-23(32)25-21(27(41-24)46-4)26(45-11-16-5-6-17(12-45)40-16)43-28(42-25)47-14-29(2)13-44(3)8-7-30(29,33)34/h9,16-17,40H,5-8,11-14,39H2,1-4H3/t16-,17+,29-/m0/s1. The first-order valence-corrected chi connectivity index (χ1v) is 15.1. The van der Waals surface area contributed by atoms with Crippen LogP contribution in [0.5, 0.6) is 11.9 Å². The average molecular weight is 665 g/mol. The Kier molecular flexibility index (Phi) is 8.07. The molecule has 2 aromatic heterocycles. The molecule has 47 heavy (non-hydrogen) atoms. The van der Waals surface area contributed by atoms with Crippen LogP contribution in [0.15, 0.2) is 6.07 Å². The maximum Gasteiger partial charge on any atom is 0.417 e. The maximum absolute atomic E-state index is 16.8. The van der Waals surface area contributed by atoms with Gasteiger partial charge in [0.2, 0.25) is 5.88 Å². The Balaban J connectivity index is 1.58. The summed E-state index contributed by atoms with van der Waals surface area (Å²) in [5, 5.41) is 13.3. The number of methoxy groups -OCH3 is 1. The monoisotopic (exact) mass is 664 g/mol. The fourth-order valence-electron chi connectivity index (χ4n) is 7.05. The highest BCUT2D eigenvalue weighted by Crippen LogP contribution is 2.47. The molecule has 0 spiro atoms. The van der Waals surface area contributed by atoms with Gasteiger partial charge in [0.1, 0.15) is 35.1 Å². The summed E-state index contributed by atoms with van der Waals surface area (Å²) in [4.78, 5) is 16.6. The van der Waals surface area contributed by atoms with Gasteiger partial charge in [0.15, 0.2) is 5.82 Å². The molecule has 5 heterocycles. The van der Waals surface area contributed by atoms with Gasteiger partial charge in [0, 0.05) is 50.2 Å². The lowest BCUT2D eigenvalue weighted by molar-refractivity contribution is -0.169. The largest absolute Gasteiger partial charge is 0.480 e. The summed E-state index contributed by atoms with van der Waals surface area (Å²) in [5.74, 6) is -4.56. The van der Waals surface area contributed by atoms with E-state index in [2.05, 4.69) is 20.3 Å². The molecule has 0 radical (unpaired) electrons. The number of nitrogens with zero attached hydrogens (tertiary/aromatic N) is 6. The van der Waals surface area contributed by atoms with Crippen molar-refractivity contribution in [3.8, 4) is 29.2 Å². The van der Waals surface area contributed by atoms with Crippen LogP contribution >= 0.6 is 0 Å². The normalized spacial score (nSPS) is 24.4. The van der Waals surface area contributed by atoms with Gasteiger partial charge in [-0.25, -0.2) is 18.2 Å². The van der Waals surface area contributed by atoms with Gasteiger partial charge >= 0.3 is 12.2 Å². The number of anilines is 2. The van der Waals surface area contributed by atoms with Gasteiger partial charge in [-0.05, 0) is 45.4 Å². The zero-order valence-electron chi connectivity index (χ0n) is 26.2. The number of piperidine rings is 1. The zero-order valence-corrected chi connectivity index (χ0v) is 26.2. The lowest BCUT2D eigenvalue weighted by atomic mass is 9.79. The Morgan fingerprint density at radius 2 is 1.85 bits per heavy atom. The van der Waals surface area contributed by atoms with Crippen LogP contribution in [0.3, 0.4) is 0 Å². The summed E-state index contributed by atoms with van der Waals surface area (Å²) in [6.45, 7) is 3.09. The summed E-state index contributed by atoms with van der Waals surface area (Å²) in [6.07, 6.45) is -3.64. The first-order valence-electron chi connectivity index (χ1n) is 15.1. The molecule has 1 aromatic carbocycles. The SMILES string of the molecule is COc1nc(-c2c(C#N)c(N)cc(C)c2C(F)(F)F)c(F)c2nc(OC[C@]3(C)CN(C)CCC3(F)F)nc(N3C[C@H]4CC[C@@H](C3)N4)c12. The zero-order chi connectivity index (χ0) is 34.1. The predicted molar refractivity (Wildman–Crippen MR) is 161 cm³/mol. The number of pyridine rings is 1. The number of hydrogen-bond acceptors (Lipinski definition) is 10. The molecule has 3 N–H and O–H groups in total. The van der Waals surface area contributed by atoms with Crippen LogP contribution in [-0.2, 0) is 6.18 Å². The number of ether oxygens (including phenoxy) is 2. The Hall–Kier alpha value is -4.10. The molecule has 3 aliphatic heterocycles. The highest BCUT2D eigenvalue weighted by Gasteiger charge is 2.54. The molecule has 3 atom stereocenters. The average Bonchev–Trinajstić information content (AvgIpc) is 3.34. The van der Waals surface area contributed by atoms with E-state index in [1.165, 1.54) is 14.0 Å². The molecule has 0 saturated carbocycles. The number of aryl methyl sites for hydroxylation is 1. The van der Waals surface area contributed by atoms with Crippen molar-refractivity contribution < 1.29 is 35.8 Å². The fourth-order valence-corrected chi connectivity index (χ4v) is 7.05. The number of nitrogens with two attached hydrogens (primary N) is 1. The number of alkyl halides is 5. The molecule has 0 unspecified atom stereocenters. The lowest BCUT2D eigenvalue weighted by Crippen LogP contribution is -2.55. The third kappa shape index (κ3) is 5.62. The van der Waals surface area contributed by atoms with E-state index in [0.717, 1.165) is 25.8 Å². The number of nitrogen functional groups attached to an aromatic ring is 1. The smallest absolute Gasteiger partial charge is 0.417 e. The second kappa shape index (κ2) is 11.6. The van der Waals surface area contributed by atoms with Crippen molar-refractivity contribution in [2.45, 2.75) is 57.3 Å². The summed E-state index contributed by atoms with van der Waals surface area (Å²) in [7, 11) is 2.93. The van der Waals surface area contributed by atoms with Crippen molar-refractivity contribution in [3.05, 3.63) is 28.6 Å². The lowest BCUT2D eigenvalue weighted by Gasteiger charge is -2.44. The Labute approximate surface area is 266 Å². The Bertz CT molecular complexity index is 1770. The van der Waals surface area contributed by atoms with Crippen molar-refractivity contribution in [2.24, 2.45) is 5.41 Å². The molecule has 2 bridgehead atoms. The van der Waals surface area contributed by atoms with E-state index in [1.54, 1.807) is 18.0 Å². The molecule has 0 amide bonds. The first kappa shape index (κ1) is 32.8. The third-order valence-corrected chi connectivity index (χ3v) is 9.44. The molecule has 6 rings (SSSR count). The minimum absolute atomic E-state index is 0.00375. The quantitative estimate of drug-likeness (QED) is 0.277. The number of rotatable bonds is 6. The third-order valence-electron chi connectivity index (χ3n) is 9.44. The number of likely N-dealkylation sites (tertiary alicyclic amines) is 1. The van der Waals surface area contributed by atoms with Gasteiger partial charge in [-0.15, -0.1) is 0 Å². The number of aromatic nitrogens is 3. The molecule has 16 heteroatoms. The van der Waals surface area contributed by atoms with Crippen LogP contribution in [0.1, 0.15) is 42.9 Å². The fraction of sp³-hybridized carbons (Fsp3) is 0.548. The highest BCUT2D eigenvalue weighted by molar-refractivity contribution is 5.97. The van der Waals surface area contributed by atoms with Crippen molar-refractivity contribution >= 4 is 22.4 Å². The summed E-state index contributed by atoms with van der Waals surface area (Å²) >= 11 is 0. The molecule has 0 aliphatic carbocycles. The number of piperazine rings is 1. The van der Waals surface area contributed by atoms with Gasteiger partial charge in [0.05, 0.1) is 29.3 Å². The van der Waals surface area contributed by atoms with Crippen LogP contribution in [0.2, 0.25) is 0 Å². The number of nitriles is 1. The van der Waals surface area contributed by atoms with Gasteiger partial charge < -0.3 is 30.3 Å². The number of benzene rings is 1. The van der Waals surface area contributed by atoms with E-state index in [9.17, 15) is 18.4 Å². The maximum atomic E-state index is 16.8. The van der Waals surface area contributed by atoms with Gasteiger partial charge in [-0.2, -0.15) is 28.4 Å². The molecule has 3 aromatic rings. The van der Waals surface area contributed by atoms with Crippen LogP contribution in [0.25, 0.3) is 22.2 Å². The summed E-state index contributed by atoms with van der Waals surface area (Å²) < 4.78 is 102. The van der Waals surface area contributed by atoms with E-state index in [4.69, 9.17) is 15.2 Å². The van der Waals surface area contributed by atoms with Crippen LogP contribution < -0.4 is 25.4 Å². The van der Waals surface area contributed by atoms with Crippen molar-refractivity contribution in [2.75, 3.05) is 57.6 Å². The molecule has 3 aliphatic rings. The van der Waals surface area contributed by atoms with E-state index in [0.29, 0.717) is 13.1 Å². The van der Waals surface area contributed by atoms with E-state index < -0.39 is 63.8 Å². The Morgan fingerprint density at radius 1 is 1.17 bits per heavy atom. The van der Waals surface area contributed by atoms with Gasteiger partial charge in [-0.1, -0.05) is 0 Å². The van der Waals surface area contributed by atoms with Crippen molar-refractivity contribution in [1.29, 1.82) is 5.26 Å². The van der Waals surface area contributed by atoms with Crippen LogP contribution in [0, 0.1) is 29.5 Å². The number of nitrogens with one attached hydrogen (secondary N) is 1. The molecular weight excluding hydrogens is 630 g/mol. The van der Waals surface area contributed by atoms with Gasteiger partial charge in [-0.3, -0.25) is 0 Å². The topological polar surface area (TPSA) is 125 Å². The second-order valence-electron chi connectivity index (χ2n) is 12.9. The first-order chi connectivity index (χ1) is 22.1. The number of halogens is 6. The van der Waals surface area contributed by atoms with Gasteiger partial charge in [0.25, 0.3) is 5.92 Å². The van der Waals surface area contributed by atoms with E-state index in [1.807, 2.05) is 4.90 Å². The summed E-state index contributed by atoms with van der Waals surface area (Å²) in [6, 6.07) is 2.38. The molecular formula is C31H34F6N8O2. The van der Waals surface area contributed by atoms with Crippen LogP contribution in [-0.4, -0.2) is 84.8 Å². The van der Waals surface area contributed by atoms with Crippen LogP contribution in [0.4, 0.5) is 37.8 Å². The second-order valence-corrected chi connectivity index (χ2v) is 12.9. The highest BCUT2D eigenvalue weighted by atomic mass is 19.4. The molecule has 3 saturated heterocycles.